The summed E-state index contributed by atoms with van der Waals surface area (Å²) in [5, 5.41) is 12.5. The topological polar surface area (TPSA) is 61.8 Å². The van der Waals surface area contributed by atoms with Gasteiger partial charge in [0.1, 0.15) is 5.75 Å². The number of hydrogen-bond donors (Lipinski definition) is 2. The number of urea groups is 1. The molecule has 0 unspecified atom stereocenters. The second-order valence-corrected chi connectivity index (χ2v) is 6.57. The molecule has 0 radical (unpaired) electrons. The largest absolute Gasteiger partial charge is 0.494 e. The monoisotopic (exact) mass is 360 g/mol. The highest BCUT2D eigenvalue weighted by molar-refractivity contribution is 5.91. The first-order chi connectivity index (χ1) is 11.5. The molecule has 1 heterocycles. The fraction of sp³-hybridized carbons (Fsp3) is 0.588. The van der Waals surface area contributed by atoms with E-state index in [0.29, 0.717) is 19.4 Å². The number of halogens is 3. The van der Waals surface area contributed by atoms with E-state index in [9.17, 15) is 23.1 Å². The number of nitrogens with one attached hydrogen (secondary N) is 1. The lowest BCUT2D eigenvalue weighted by Crippen LogP contribution is -2.49. The SMILES string of the molecule is CCOc1ccc(NC(=O)N2CCC[C@@H]2C(C)(C)O)c(C(F)(F)F)c1. The Morgan fingerprint density at radius 3 is 2.64 bits per heavy atom. The lowest BCUT2D eigenvalue weighted by molar-refractivity contribution is -0.137. The highest BCUT2D eigenvalue weighted by Crippen LogP contribution is 2.37. The van der Waals surface area contributed by atoms with Gasteiger partial charge < -0.3 is 20.1 Å². The van der Waals surface area contributed by atoms with Gasteiger partial charge in [-0.25, -0.2) is 4.79 Å². The van der Waals surface area contributed by atoms with E-state index in [2.05, 4.69) is 5.32 Å². The number of rotatable bonds is 4. The number of ether oxygens (including phenoxy) is 1. The molecule has 0 bridgehead atoms. The molecule has 1 aromatic carbocycles. The van der Waals surface area contributed by atoms with Gasteiger partial charge in [0.2, 0.25) is 0 Å². The third-order valence-corrected chi connectivity index (χ3v) is 4.18. The molecule has 2 N–H and O–H groups in total. The molecule has 0 aliphatic carbocycles. The second-order valence-electron chi connectivity index (χ2n) is 6.57. The molecule has 1 saturated heterocycles. The maximum atomic E-state index is 13.3. The summed E-state index contributed by atoms with van der Waals surface area (Å²) in [5.41, 5.74) is -2.42. The van der Waals surface area contributed by atoms with Crippen LogP contribution in [0, 0.1) is 0 Å². The second kappa shape index (κ2) is 7.11. The summed E-state index contributed by atoms with van der Waals surface area (Å²) < 4.78 is 45.0. The van der Waals surface area contributed by atoms with E-state index in [4.69, 9.17) is 4.74 Å². The molecule has 8 heteroatoms. The number of anilines is 1. The van der Waals surface area contributed by atoms with Crippen LogP contribution in [0.1, 0.15) is 39.2 Å². The minimum absolute atomic E-state index is 0.0864. The third-order valence-electron chi connectivity index (χ3n) is 4.18. The summed E-state index contributed by atoms with van der Waals surface area (Å²) in [6.07, 6.45) is -3.33. The van der Waals surface area contributed by atoms with Crippen LogP contribution in [0.3, 0.4) is 0 Å². The highest BCUT2D eigenvalue weighted by Gasteiger charge is 2.40. The van der Waals surface area contributed by atoms with Gasteiger partial charge in [0.15, 0.2) is 0 Å². The van der Waals surface area contributed by atoms with E-state index >= 15 is 0 Å². The first-order valence-corrected chi connectivity index (χ1v) is 8.18. The van der Waals surface area contributed by atoms with Crippen LogP contribution in [0.2, 0.25) is 0 Å². The Morgan fingerprint density at radius 2 is 2.08 bits per heavy atom. The van der Waals surface area contributed by atoms with Crippen LogP contribution in [0.25, 0.3) is 0 Å². The Morgan fingerprint density at radius 1 is 1.40 bits per heavy atom. The fourth-order valence-corrected chi connectivity index (χ4v) is 3.05. The van der Waals surface area contributed by atoms with Crippen molar-refractivity contribution in [1.82, 2.24) is 4.90 Å². The van der Waals surface area contributed by atoms with Crippen molar-refractivity contribution in [1.29, 1.82) is 0 Å². The molecule has 1 aromatic rings. The standard InChI is InChI=1S/C17H23F3N2O3/c1-4-25-11-7-8-13(12(10-11)17(18,19)20)21-15(23)22-9-5-6-14(22)16(2,3)24/h7-8,10,14,24H,4-6,9H2,1-3H3,(H,21,23)/t14-/m1/s1. The normalized spacial score (nSPS) is 18.4. The highest BCUT2D eigenvalue weighted by atomic mass is 19.4. The van der Waals surface area contributed by atoms with E-state index in [1.54, 1.807) is 20.8 Å². The first-order valence-electron chi connectivity index (χ1n) is 8.18. The predicted molar refractivity (Wildman–Crippen MR) is 87.7 cm³/mol. The number of hydrogen-bond acceptors (Lipinski definition) is 3. The molecule has 140 valence electrons. The van der Waals surface area contributed by atoms with E-state index in [-0.39, 0.29) is 18.0 Å². The quantitative estimate of drug-likeness (QED) is 0.857. The van der Waals surface area contributed by atoms with E-state index in [1.807, 2.05) is 0 Å². The maximum absolute atomic E-state index is 13.3. The average molecular weight is 360 g/mol. The number of carbonyl (C=O) groups excluding carboxylic acids is 1. The Balaban J connectivity index is 2.25. The number of carbonyl (C=O) groups is 1. The van der Waals surface area contributed by atoms with Gasteiger partial charge in [-0.15, -0.1) is 0 Å². The molecular formula is C17H23F3N2O3. The molecule has 0 aromatic heterocycles. The number of alkyl halides is 3. The average Bonchev–Trinajstić information content (AvgIpc) is 2.97. The lowest BCUT2D eigenvalue weighted by atomic mass is 9.97. The maximum Gasteiger partial charge on any atom is 0.418 e. The number of nitrogens with zero attached hydrogens (tertiary/aromatic N) is 1. The summed E-state index contributed by atoms with van der Waals surface area (Å²) in [4.78, 5) is 13.9. The zero-order valence-corrected chi connectivity index (χ0v) is 14.5. The predicted octanol–water partition coefficient (Wildman–Crippen LogP) is 3.87. The van der Waals surface area contributed by atoms with Crippen LogP contribution >= 0.6 is 0 Å². The Kier molecular flexibility index (Phi) is 5.51. The molecule has 25 heavy (non-hydrogen) atoms. The first kappa shape index (κ1) is 19.4. The van der Waals surface area contributed by atoms with Gasteiger partial charge in [0.25, 0.3) is 0 Å². The molecule has 2 amide bonds. The zero-order valence-electron chi connectivity index (χ0n) is 14.5. The Labute approximate surface area is 144 Å². The van der Waals surface area contributed by atoms with Gasteiger partial charge in [-0.1, -0.05) is 0 Å². The van der Waals surface area contributed by atoms with Crippen molar-refractivity contribution >= 4 is 11.7 Å². The van der Waals surface area contributed by atoms with Crippen molar-refractivity contribution in [2.24, 2.45) is 0 Å². The number of amides is 2. The van der Waals surface area contributed by atoms with E-state index in [1.165, 1.54) is 17.0 Å². The molecule has 1 fully saturated rings. The van der Waals surface area contributed by atoms with Crippen LogP contribution in [-0.4, -0.2) is 40.8 Å². The fourth-order valence-electron chi connectivity index (χ4n) is 3.05. The molecule has 5 nitrogen and oxygen atoms in total. The van der Waals surface area contributed by atoms with Crippen molar-refractivity contribution < 1.29 is 27.8 Å². The summed E-state index contributed by atoms with van der Waals surface area (Å²) in [6.45, 7) is 5.47. The van der Waals surface area contributed by atoms with E-state index in [0.717, 1.165) is 6.07 Å². The minimum atomic E-state index is -4.63. The smallest absolute Gasteiger partial charge is 0.418 e. The van der Waals surface area contributed by atoms with Crippen molar-refractivity contribution in [2.45, 2.75) is 51.4 Å². The number of likely N-dealkylation sites (tertiary alicyclic amines) is 1. The van der Waals surface area contributed by atoms with Gasteiger partial charge in [-0.05, 0) is 51.8 Å². The summed E-state index contributed by atoms with van der Waals surface area (Å²) in [6, 6.07) is 2.34. The van der Waals surface area contributed by atoms with Gasteiger partial charge in [-0.3, -0.25) is 0 Å². The van der Waals surface area contributed by atoms with Crippen LogP contribution in [0.15, 0.2) is 18.2 Å². The third kappa shape index (κ3) is 4.56. The van der Waals surface area contributed by atoms with Gasteiger partial charge in [0, 0.05) is 6.54 Å². The van der Waals surface area contributed by atoms with Crippen molar-refractivity contribution in [3.8, 4) is 5.75 Å². The summed E-state index contributed by atoms with van der Waals surface area (Å²) >= 11 is 0. The Hall–Kier alpha value is -1.96. The number of benzene rings is 1. The van der Waals surface area contributed by atoms with Crippen LogP contribution in [0.4, 0.5) is 23.7 Å². The Bertz CT molecular complexity index is 627. The molecule has 1 aliphatic rings. The lowest BCUT2D eigenvalue weighted by Gasteiger charge is -2.34. The minimum Gasteiger partial charge on any atom is -0.494 e. The van der Waals surface area contributed by atoms with Crippen LogP contribution in [-0.2, 0) is 6.18 Å². The molecule has 0 saturated carbocycles. The molecular weight excluding hydrogens is 337 g/mol. The van der Waals surface area contributed by atoms with E-state index < -0.39 is 29.4 Å². The van der Waals surface area contributed by atoms with Crippen LogP contribution in [0.5, 0.6) is 5.75 Å². The van der Waals surface area contributed by atoms with Crippen molar-refractivity contribution in [2.75, 3.05) is 18.5 Å². The molecule has 0 spiro atoms. The van der Waals surface area contributed by atoms with Gasteiger partial charge >= 0.3 is 12.2 Å². The zero-order chi connectivity index (χ0) is 18.8. The molecule has 1 aliphatic heterocycles. The molecule has 2 rings (SSSR count). The molecule has 1 atom stereocenters. The van der Waals surface area contributed by atoms with Crippen LogP contribution < -0.4 is 10.1 Å². The summed E-state index contributed by atoms with van der Waals surface area (Å²) in [5.74, 6) is 0.0864. The summed E-state index contributed by atoms with van der Waals surface area (Å²) in [7, 11) is 0. The number of aliphatic hydroxyl groups is 1. The van der Waals surface area contributed by atoms with Crippen molar-refractivity contribution in [3.05, 3.63) is 23.8 Å². The van der Waals surface area contributed by atoms with Gasteiger partial charge in [-0.2, -0.15) is 13.2 Å². The van der Waals surface area contributed by atoms with Gasteiger partial charge in [0.05, 0.1) is 29.5 Å². The van der Waals surface area contributed by atoms with Crippen molar-refractivity contribution in [3.63, 3.8) is 0 Å².